The topological polar surface area (TPSA) is 41.1 Å². The molecule has 100 valence electrons. The zero-order valence-corrected chi connectivity index (χ0v) is 12.2. The Kier molecular flexibility index (Phi) is 5.99. The van der Waals surface area contributed by atoms with Crippen LogP contribution in [-0.4, -0.2) is 30.8 Å². The first kappa shape index (κ1) is 15.3. The van der Waals surface area contributed by atoms with E-state index in [4.69, 9.17) is 0 Å². The molecule has 3 nitrogen and oxygen atoms in total. The molecule has 2 unspecified atom stereocenters. The van der Waals surface area contributed by atoms with Gasteiger partial charge in [0, 0.05) is 17.5 Å². The largest absolute Gasteiger partial charge is 0.354 e. The number of hydrogen-bond donors (Lipinski definition) is 2. The average Bonchev–Trinajstić information content (AvgIpc) is 2.79. The van der Waals surface area contributed by atoms with Gasteiger partial charge in [-0.1, -0.05) is 18.2 Å². The number of thioether (sulfide) groups is 1. The van der Waals surface area contributed by atoms with Crippen LogP contribution >= 0.6 is 24.2 Å². The lowest BCUT2D eigenvalue weighted by Crippen LogP contribution is -2.40. The van der Waals surface area contributed by atoms with Crippen LogP contribution in [-0.2, 0) is 11.2 Å². The second-order valence-electron chi connectivity index (χ2n) is 4.35. The Balaban J connectivity index is 0.00000162. The third-order valence-corrected chi connectivity index (χ3v) is 4.33. The monoisotopic (exact) mass is 286 g/mol. The number of halogens is 1. The number of amides is 1. The number of likely N-dealkylation sites (N-methyl/N-ethyl adjacent to an activating group) is 1. The van der Waals surface area contributed by atoms with E-state index < -0.39 is 0 Å². The summed E-state index contributed by atoms with van der Waals surface area (Å²) in [6.07, 6.45) is 0.848. The lowest BCUT2D eigenvalue weighted by molar-refractivity contribution is -0.120. The van der Waals surface area contributed by atoms with Crippen LogP contribution < -0.4 is 10.6 Å². The minimum atomic E-state index is 0. The quantitative estimate of drug-likeness (QED) is 0.888. The van der Waals surface area contributed by atoms with Crippen LogP contribution in [0.1, 0.15) is 12.5 Å². The Hall–Kier alpha value is -0.710. The molecule has 1 aliphatic heterocycles. The highest BCUT2D eigenvalue weighted by molar-refractivity contribution is 8.01. The molecule has 0 fully saturated rings. The minimum Gasteiger partial charge on any atom is -0.354 e. The van der Waals surface area contributed by atoms with Crippen molar-refractivity contribution in [1.29, 1.82) is 0 Å². The lowest BCUT2D eigenvalue weighted by Gasteiger charge is -2.14. The van der Waals surface area contributed by atoms with Crippen molar-refractivity contribution in [2.45, 2.75) is 29.5 Å². The van der Waals surface area contributed by atoms with Gasteiger partial charge in [-0.2, -0.15) is 0 Å². The Morgan fingerprint density at radius 2 is 2.22 bits per heavy atom. The van der Waals surface area contributed by atoms with Gasteiger partial charge < -0.3 is 10.6 Å². The van der Waals surface area contributed by atoms with E-state index in [1.807, 2.05) is 19.2 Å². The molecule has 2 atom stereocenters. The van der Waals surface area contributed by atoms with Gasteiger partial charge in [-0.3, -0.25) is 4.79 Å². The van der Waals surface area contributed by atoms with E-state index in [0.717, 1.165) is 6.42 Å². The number of carbonyl (C=O) groups excluding carboxylic acids is 1. The maximum atomic E-state index is 12.0. The molecule has 0 saturated heterocycles. The van der Waals surface area contributed by atoms with Gasteiger partial charge in [0.2, 0.25) is 5.91 Å². The standard InChI is InChI=1S/C13H18N2OS.ClH/c1-9(14-2)8-15-13(16)12-7-10-5-3-4-6-11(10)17-12;/h3-6,9,12,14H,7-8H2,1-2H3,(H,15,16);1H. The summed E-state index contributed by atoms with van der Waals surface area (Å²) in [5.41, 5.74) is 1.29. The van der Waals surface area contributed by atoms with Crippen LogP contribution in [0.4, 0.5) is 0 Å². The predicted octanol–water partition coefficient (Wildman–Crippen LogP) is 1.85. The summed E-state index contributed by atoms with van der Waals surface area (Å²) >= 11 is 1.67. The second-order valence-corrected chi connectivity index (χ2v) is 5.60. The number of benzene rings is 1. The van der Waals surface area contributed by atoms with Crippen LogP contribution in [0.3, 0.4) is 0 Å². The smallest absolute Gasteiger partial charge is 0.233 e. The summed E-state index contributed by atoms with van der Waals surface area (Å²) in [7, 11) is 1.90. The summed E-state index contributed by atoms with van der Waals surface area (Å²) in [6.45, 7) is 2.74. The molecule has 1 aromatic carbocycles. The first-order valence-electron chi connectivity index (χ1n) is 5.90. The molecule has 1 amide bonds. The predicted molar refractivity (Wildman–Crippen MR) is 78.6 cm³/mol. The first-order valence-corrected chi connectivity index (χ1v) is 6.78. The normalized spacial score (nSPS) is 18.7. The molecular weight excluding hydrogens is 268 g/mol. The Bertz CT molecular complexity index is 389. The maximum absolute atomic E-state index is 12.0. The van der Waals surface area contributed by atoms with Crippen LogP contribution in [0, 0.1) is 0 Å². The molecule has 0 aliphatic carbocycles. The molecule has 2 N–H and O–H groups in total. The van der Waals surface area contributed by atoms with Crippen molar-refractivity contribution < 1.29 is 4.79 Å². The highest BCUT2D eigenvalue weighted by atomic mass is 35.5. The third-order valence-electron chi connectivity index (χ3n) is 3.01. The van der Waals surface area contributed by atoms with Crippen LogP contribution in [0.2, 0.25) is 0 Å². The number of rotatable bonds is 4. The number of carbonyl (C=O) groups is 1. The van der Waals surface area contributed by atoms with Crippen LogP contribution in [0.15, 0.2) is 29.2 Å². The van der Waals surface area contributed by atoms with Crippen LogP contribution in [0.5, 0.6) is 0 Å². The lowest BCUT2D eigenvalue weighted by atomic mass is 10.1. The molecule has 2 rings (SSSR count). The van der Waals surface area contributed by atoms with Gasteiger partial charge in [0.15, 0.2) is 0 Å². The summed E-state index contributed by atoms with van der Waals surface area (Å²) in [4.78, 5) is 13.2. The average molecular weight is 287 g/mol. The summed E-state index contributed by atoms with van der Waals surface area (Å²) in [5, 5.41) is 6.13. The summed E-state index contributed by atoms with van der Waals surface area (Å²) < 4.78 is 0. The fraction of sp³-hybridized carbons (Fsp3) is 0.462. The highest BCUT2D eigenvalue weighted by Gasteiger charge is 2.27. The molecule has 1 heterocycles. The molecule has 1 aliphatic rings. The molecule has 5 heteroatoms. The van der Waals surface area contributed by atoms with Crippen LogP contribution in [0.25, 0.3) is 0 Å². The summed E-state index contributed by atoms with van der Waals surface area (Å²) in [5.74, 6) is 0.147. The molecule has 0 aromatic heterocycles. The molecule has 0 radical (unpaired) electrons. The molecule has 0 spiro atoms. The van der Waals surface area contributed by atoms with E-state index in [9.17, 15) is 4.79 Å². The van der Waals surface area contributed by atoms with E-state index in [0.29, 0.717) is 12.6 Å². The van der Waals surface area contributed by atoms with Crippen molar-refractivity contribution in [1.82, 2.24) is 10.6 Å². The third kappa shape index (κ3) is 3.64. The van der Waals surface area contributed by atoms with Crippen molar-refractivity contribution in [3.63, 3.8) is 0 Å². The summed E-state index contributed by atoms with van der Waals surface area (Å²) in [6, 6.07) is 8.56. The van der Waals surface area contributed by atoms with Gasteiger partial charge in [0.1, 0.15) is 0 Å². The van der Waals surface area contributed by atoms with Gasteiger partial charge >= 0.3 is 0 Å². The van der Waals surface area contributed by atoms with Crippen molar-refractivity contribution in [3.8, 4) is 0 Å². The number of fused-ring (bicyclic) bond motifs is 1. The first-order chi connectivity index (χ1) is 8.20. The Morgan fingerprint density at radius 3 is 2.89 bits per heavy atom. The highest BCUT2D eigenvalue weighted by Crippen LogP contribution is 2.36. The van der Waals surface area contributed by atoms with Gasteiger partial charge in [0.05, 0.1) is 5.25 Å². The van der Waals surface area contributed by atoms with Gasteiger partial charge in [-0.05, 0) is 32.0 Å². The molecular formula is C13H19ClN2OS. The maximum Gasteiger partial charge on any atom is 0.233 e. The zero-order valence-electron chi connectivity index (χ0n) is 10.6. The van der Waals surface area contributed by atoms with E-state index in [1.54, 1.807) is 11.8 Å². The minimum absolute atomic E-state index is 0. The molecule has 0 saturated carbocycles. The van der Waals surface area contributed by atoms with Gasteiger partial charge in [-0.25, -0.2) is 0 Å². The van der Waals surface area contributed by atoms with Crippen molar-refractivity contribution >= 4 is 30.1 Å². The number of nitrogens with one attached hydrogen (secondary N) is 2. The fourth-order valence-corrected chi connectivity index (χ4v) is 3.02. The van der Waals surface area contributed by atoms with Gasteiger partial charge in [-0.15, -0.1) is 24.2 Å². The van der Waals surface area contributed by atoms with Crippen molar-refractivity contribution in [3.05, 3.63) is 29.8 Å². The SMILES string of the molecule is CNC(C)CNC(=O)C1Cc2ccccc2S1.Cl. The van der Waals surface area contributed by atoms with Crippen molar-refractivity contribution in [2.75, 3.05) is 13.6 Å². The van der Waals surface area contributed by atoms with Gasteiger partial charge in [0.25, 0.3) is 0 Å². The van der Waals surface area contributed by atoms with E-state index >= 15 is 0 Å². The Labute approximate surface area is 119 Å². The fourth-order valence-electron chi connectivity index (χ4n) is 1.80. The van der Waals surface area contributed by atoms with E-state index in [1.165, 1.54) is 10.5 Å². The molecule has 18 heavy (non-hydrogen) atoms. The Morgan fingerprint density at radius 1 is 1.50 bits per heavy atom. The van der Waals surface area contributed by atoms with E-state index in [2.05, 4.69) is 29.7 Å². The molecule has 1 aromatic rings. The molecule has 0 bridgehead atoms. The zero-order chi connectivity index (χ0) is 12.3. The van der Waals surface area contributed by atoms with Crippen molar-refractivity contribution in [2.24, 2.45) is 0 Å². The number of hydrogen-bond acceptors (Lipinski definition) is 3. The second kappa shape index (κ2) is 7.02. The van der Waals surface area contributed by atoms with E-state index in [-0.39, 0.29) is 23.6 Å².